The van der Waals surface area contributed by atoms with Crippen LogP contribution < -0.4 is 4.57 Å². The van der Waals surface area contributed by atoms with Crippen LogP contribution in [0.2, 0.25) is 0 Å². The van der Waals surface area contributed by atoms with Crippen LogP contribution in [0.5, 0.6) is 0 Å². The summed E-state index contributed by atoms with van der Waals surface area (Å²) in [6.45, 7) is 0.229. The average molecular weight is 295 g/mol. The molecule has 0 unspecified atom stereocenters. The van der Waals surface area contributed by atoms with E-state index in [4.69, 9.17) is 0 Å². The van der Waals surface area contributed by atoms with Crippen molar-refractivity contribution in [1.82, 2.24) is 0 Å². The number of ketones is 1. The molecule has 0 aliphatic heterocycles. The number of nitrogens with zero attached hydrogens (tertiary/aromatic N) is 1. The number of hydrogen-bond acceptors (Lipinski definition) is 1. The van der Waals surface area contributed by atoms with E-state index in [0.717, 1.165) is 4.60 Å². The summed E-state index contributed by atoms with van der Waals surface area (Å²) < 4.78 is 15.3. The SMILES string of the molecule is O=C(C[n+]1ccccc1Br)c1ccc(F)cc1. The summed E-state index contributed by atoms with van der Waals surface area (Å²) in [5.74, 6) is -0.392. The van der Waals surface area contributed by atoms with Gasteiger partial charge in [-0.05, 0) is 30.3 Å². The molecule has 1 aromatic heterocycles. The Balaban J connectivity index is 2.17. The van der Waals surface area contributed by atoms with Gasteiger partial charge in [-0.15, -0.1) is 0 Å². The highest BCUT2D eigenvalue weighted by molar-refractivity contribution is 9.10. The van der Waals surface area contributed by atoms with E-state index in [1.54, 1.807) is 4.57 Å². The van der Waals surface area contributed by atoms with Gasteiger partial charge in [-0.3, -0.25) is 4.79 Å². The Morgan fingerprint density at radius 3 is 2.53 bits per heavy atom. The molecule has 0 atom stereocenters. The summed E-state index contributed by atoms with van der Waals surface area (Å²) in [5.41, 5.74) is 0.509. The van der Waals surface area contributed by atoms with Crippen molar-refractivity contribution in [2.24, 2.45) is 0 Å². The predicted octanol–water partition coefficient (Wildman–Crippen LogP) is 2.76. The summed E-state index contributed by atoms with van der Waals surface area (Å²) in [6.07, 6.45) is 1.81. The van der Waals surface area contributed by atoms with Crippen molar-refractivity contribution in [3.05, 3.63) is 64.6 Å². The molecule has 0 N–H and O–H groups in total. The van der Waals surface area contributed by atoms with Gasteiger partial charge >= 0.3 is 0 Å². The van der Waals surface area contributed by atoms with Gasteiger partial charge in [0.1, 0.15) is 5.82 Å². The highest BCUT2D eigenvalue weighted by atomic mass is 79.9. The van der Waals surface area contributed by atoms with Gasteiger partial charge in [-0.1, -0.05) is 0 Å². The van der Waals surface area contributed by atoms with Crippen molar-refractivity contribution < 1.29 is 13.8 Å². The first-order valence-electron chi connectivity index (χ1n) is 5.09. The molecule has 0 bridgehead atoms. The minimum Gasteiger partial charge on any atom is -0.287 e. The lowest BCUT2D eigenvalue weighted by Crippen LogP contribution is -2.38. The molecule has 4 heteroatoms. The number of halogens is 2. The van der Waals surface area contributed by atoms with Gasteiger partial charge in [0, 0.05) is 33.6 Å². The van der Waals surface area contributed by atoms with E-state index in [9.17, 15) is 9.18 Å². The van der Waals surface area contributed by atoms with E-state index in [-0.39, 0.29) is 18.1 Å². The smallest absolute Gasteiger partial charge is 0.248 e. The minimum absolute atomic E-state index is 0.0538. The summed E-state index contributed by atoms with van der Waals surface area (Å²) in [4.78, 5) is 11.9. The number of aromatic nitrogens is 1. The van der Waals surface area contributed by atoms with Crippen LogP contribution >= 0.6 is 15.9 Å². The molecule has 0 aliphatic rings. The van der Waals surface area contributed by atoms with E-state index in [1.165, 1.54) is 24.3 Å². The lowest BCUT2D eigenvalue weighted by Gasteiger charge is -1.99. The fraction of sp³-hybridized carbons (Fsp3) is 0.0769. The van der Waals surface area contributed by atoms with Gasteiger partial charge < -0.3 is 0 Å². The number of carbonyl (C=O) groups excluding carboxylic acids is 1. The fourth-order valence-corrected chi connectivity index (χ4v) is 1.86. The highest BCUT2D eigenvalue weighted by Gasteiger charge is 2.14. The van der Waals surface area contributed by atoms with Crippen LogP contribution in [0, 0.1) is 5.82 Å². The van der Waals surface area contributed by atoms with Crippen LogP contribution in [-0.2, 0) is 6.54 Å². The zero-order valence-corrected chi connectivity index (χ0v) is 10.5. The van der Waals surface area contributed by atoms with Crippen molar-refractivity contribution in [1.29, 1.82) is 0 Å². The number of Topliss-reactive ketones (excluding diaryl/α,β-unsaturated/α-hetero) is 1. The Labute approximate surface area is 107 Å². The quantitative estimate of drug-likeness (QED) is 0.484. The Morgan fingerprint density at radius 2 is 1.88 bits per heavy atom. The zero-order valence-electron chi connectivity index (χ0n) is 8.94. The molecule has 0 saturated heterocycles. The second-order valence-electron chi connectivity index (χ2n) is 3.58. The Kier molecular flexibility index (Phi) is 3.64. The standard InChI is InChI=1S/C13H10BrFNO/c14-13-3-1-2-8-16(13)9-12(17)10-4-6-11(15)7-5-10/h1-8H,9H2/q+1. The van der Waals surface area contributed by atoms with Gasteiger partial charge in [0.15, 0.2) is 6.20 Å². The summed E-state index contributed by atoms with van der Waals surface area (Å²) in [7, 11) is 0. The van der Waals surface area contributed by atoms with Crippen LogP contribution in [-0.4, -0.2) is 5.78 Å². The molecule has 1 heterocycles. The molecule has 0 amide bonds. The zero-order chi connectivity index (χ0) is 12.3. The lowest BCUT2D eigenvalue weighted by atomic mass is 10.1. The maximum Gasteiger partial charge on any atom is 0.248 e. The van der Waals surface area contributed by atoms with Crippen molar-refractivity contribution in [2.75, 3.05) is 0 Å². The monoisotopic (exact) mass is 294 g/mol. The molecule has 0 radical (unpaired) electrons. The van der Waals surface area contributed by atoms with Gasteiger partial charge in [0.05, 0.1) is 0 Å². The molecule has 0 spiro atoms. The summed E-state index contributed by atoms with van der Waals surface area (Å²) in [6, 6.07) is 11.2. The number of hydrogen-bond donors (Lipinski definition) is 0. The van der Waals surface area contributed by atoms with Gasteiger partial charge in [-0.25, -0.2) is 4.39 Å². The highest BCUT2D eigenvalue weighted by Crippen LogP contribution is 2.05. The number of rotatable bonds is 3. The molecule has 2 nitrogen and oxygen atoms in total. The van der Waals surface area contributed by atoms with Gasteiger partial charge in [0.2, 0.25) is 16.9 Å². The first-order chi connectivity index (χ1) is 8.16. The van der Waals surface area contributed by atoms with Crippen LogP contribution in [0.25, 0.3) is 0 Å². The van der Waals surface area contributed by atoms with Crippen LogP contribution in [0.15, 0.2) is 53.3 Å². The van der Waals surface area contributed by atoms with E-state index >= 15 is 0 Å². The Morgan fingerprint density at radius 1 is 1.18 bits per heavy atom. The maximum atomic E-state index is 12.7. The van der Waals surface area contributed by atoms with E-state index in [2.05, 4.69) is 15.9 Å². The van der Waals surface area contributed by atoms with E-state index in [0.29, 0.717) is 5.56 Å². The normalized spacial score (nSPS) is 10.2. The van der Waals surface area contributed by atoms with Crippen LogP contribution in [0.4, 0.5) is 4.39 Å². The lowest BCUT2D eigenvalue weighted by molar-refractivity contribution is -0.694. The van der Waals surface area contributed by atoms with E-state index in [1.807, 2.05) is 24.4 Å². The average Bonchev–Trinajstić information content (AvgIpc) is 2.33. The van der Waals surface area contributed by atoms with Crippen LogP contribution in [0.1, 0.15) is 10.4 Å². The molecule has 17 heavy (non-hydrogen) atoms. The summed E-state index contributed by atoms with van der Waals surface area (Å²) >= 11 is 3.36. The van der Waals surface area contributed by atoms with Crippen molar-refractivity contribution >= 4 is 21.7 Å². The van der Waals surface area contributed by atoms with Gasteiger partial charge in [-0.2, -0.15) is 4.57 Å². The first-order valence-corrected chi connectivity index (χ1v) is 5.89. The number of carbonyl (C=O) groups is 1. The predicted molar refractivity (Wildman–Crippen MR) is 65.1 cm³/mol. The molecular weight excluding hydrogens is 285 g/mol. The van der Waals surface area contributed by atoms with Crippen molar-refractivity contribution in [3.8, 4) is 0 Å². The molecule has 1 aromatic carbocycles. The second-order valence-corrected chi connectivity index (χ2v) is 4.39. The summed E-state index contributed by atoms with van der Waals surface area (Å²) in [5, 5.41) is 0. The number of benzene rings is 1. The largest absolute Gasteiger partial charge is 0.287 e. The molecular formula is C13H10BrFNO+. The molecule has 0 fully saturated rings. The Bertz CT molecular complexity index is 539. The first kappa shape index (κ1) is 11.9. The molecule has 2 rings (SSSR count). The molecule has 0 saturated carbocycles. The Hall–Kier alpha value is -1.55. The molecule has 0 aliphatic carbocycles. The minimum atomic E-state index is -0.338. The third-order valence-corrected chi connectivity index (χ3v) is 3.09. The van der Waals surface area contributed by atoms with Crippen molar-refractivity contribution in [2.45, 2.75) is 6.54 Å². The van der Waals surface area contributed by atoms with Crippen molar-refractivity contribution in [3.63, 3.8) is 0 Å². The third-order valence-electron chi connectivity index (χ3n) is 2.37. The molecule has 86 valence electrons. The second kappa shape index (κ2) is 5.19. The van der Waals surface area contributed by atoms with Gasteiger partial charge in [0.25, 0.3) is 0 Å². The number of pyridine rings is 1. The van der Waals surface area contributed by atoms with Crippen LogP contribution in [0.3, 0.4) is 0 Å². The molecule has 2 aromatic rings. The maximum absolute atomic E-state index is 12.7. The topological polar surface area (TPSA) is 20.9 Å². The third kappa shape index (κ3) is 2.97. The van der Waals surface area contributed by atoms with E-state index < -0.39 is 0 Å². The fourth-order valence-electron chi connectivity index (χ4n) is 1.47.